The molecular formula is C20H25NO4. The Morgan fingerprint density at radius 3 is 2.20 bits per heavy atom. The Balaban J connectivity index is 1.79. The van der Waals surface area contributed by atoms with Gasteiger partial charge < -0.3 is 19.1 Å². The molecule has 0 bridgehead atoms. The van der Waals surface area contributed by atoms with Crippen LogP contribution in [0.4, 0.5) is 0 Å². The van der Waals surface area contributed by atoms with Crippen molar-refractivity contribution < 1.29 is 19.0 Å². The molecule has 0 unspecified atom stereocenters. The van der Waals surface area contributed by atoms with Gasteiger partial charge in [0.05, 0.1) is 20.8 Å². The molecule has 0 aliphatic rings. The van der Waals surface area contributed by atoms with E-state index < -0.39 is 0 Å². The van der Waals surface area contributed by atoms with Crippen LogP contribution in [0.15, 0.2) is 48.5 Å². The second kappa shape index (κ2) is 9.57. The normalized spacial score (nSPS) is 10.2. The summed E-state index contributed by atoms with van der Waals surface area (Å²) in [6.45, 7) is 1.02. The van der Waals surface area contributed by atoms with Gasteiger partial charge in [-0.15, -0.1) is 0 Å². The van der Waals surface area contributed by atoms with Gasteiger partial charge in [0.1, 0.15) is 23.9 Å². The largest absolute Gasteiger partial charge is 0.497 e. The summed E-state index contributed by atoms with van der Waals surface area (Å²) < 4.78 is 16.1. The highest BCUT2D eigenvalue weighted by atomic mass is 16.5. The number of amides is 1. The number of aryl methyl sites for hydroxylation is 1. The molecule has 0 aliphatic heterocycles. The first kappa shape index (κ1) is 18.6. The van der Waals surface area contributed by atoms with Gasteiger partial charge in [-0.25, -0.2) is 0 Å². The zero-order valence-electron chi connectivity index (χ0n) is 15.0. The first-order valence-corrected chi connectivity index (χ1v) is 8.26. The van der Waals surface area contributed by atoms with E-state index in [9.17, 15) is 4.79 Å². The van der Waals surface area contributed by atoms with Gasteiger partial charge in [0.2, 0.25) is 5.91 Å². The van der Waals surface area contributed by atoms with Crippen molar-refractivity contribution in [1.29, 1.82) is 0 Å². The van der Waals surface area contributed by atoms with Gasteiger partial charge in [0, 0.05) is 19.5 Å². The molecule has 134 valence electrons. The minimum Gasteiger partial charge on any atom is -0.497 e. The standard InChI is InChI=1S/C20H25NO4/c1-21(11-12-25-17-7-5-4-6-8-17)20(22)10-9-16-13-18(23-2)15-19(14-16)24-3/h4-8,13-15H,9-12H2,1-3H3. The molecule has 0 fully saturated rings. The summed E-state index contributed by atoms with van der Waals surface area (Å²) >= 11 is 0. The van der Waals surface area contributed by atoms with Gasteiger partial charge in [-0.05, 0) is 36.2 Å². The molecule has 0 atom stereocenters. The molecule has 5 nitrogen and oxygen atoms in total. The average Bonchev–Trinajstić information content (AvgIpc) is 2.66. The van der Waals surface area contributed by atoms with Crippen LogP contribution in [0.5, 0.6) is 17.2 Å². The highest BCUT2D eigenvalue weighted by molar-refractivity contribution is 5.76. The van der Waals surface area contributed by atoms with E-state index in [0.717, 1.165) is 22.8 Å². The van der Waals surface area contributed by atoms with E-state index in [1.807, 2.05) is 48.5 Å². The molecule has 5 heteroatoms. The predicted octanol–water partition coefficient (Wildman–Crippen LogP) is 3.17. The van der Waals surface area contributed by atoms with Gasteiger partial charge in [-0.1, -0.05) is 18.2 Å². The van der Waals surface area contributed by atoms with E-state index in [2.05, 4.69) is 0 Å². The Morgan fingerprint density at radius 1 is 0.960 bits per heavy atom. The lowest BCUT2D eigenvalue weighted by molar-refractivity contribution is -0.130. The lowest BCUT2D eigenvalue weighted by Gasteiger charge is -2.17. The highest BCUT2D eigenvalue weighted by Gasteiger charge is 2.10. The molecule has 0 spiro atoms. The third-order valence-corrected chi connectivity index (χ3v) is 3.90. The number of likely N-dealkylation sites (N-methyl/N-ethyl adjacent to an activating group) is 1. The maximum atomic E-state index is 12.3. The number of ether oxygens (including phenoxy) is 3. The van der Waals surface area contributed by atoms with Crippen LogP contribution in [0.3, 0.4) is 0 Å². The second-order valence-corrected chi connectivity index (χ2v) is 5.70. The highest BCUT2D eigenvalue weighted by Crippen LogP contribution is 2.23. The Labute approximate surface area is 149 Å². The first-order valence-electron chi connectivity index (χ1n) is 8.26. The summed E-state index contributed by atoms with van der Waals surface area (Å²) in [5.41, 5.74) is 1.01. The number of carbonyl (C=O) groups is 1. The monoisotopic (exact) mass is 343 g/mol. The summed E-state index contributed by atoms with van der Waals surface area (Å²) in [5.74, 6) is 2.35. The Hall–Kier alpha value is -2.69. The molecule has 2 aromatic carbocycles. The van der Waals surface area contributed by atoms with Crippen LogP contribution < -0.4 is 14.2 Å². The van der Waals surface area contributed by atoms with Gasteiger partial charge in [-0.3, -0.25) is 4.79 Å². The van der Waals surface area contributed by atoms with Gasteiger partial charge in [-0.2, -0.15) is 0 Å². The maximum absolute atomic E-state index is 12.3. The van der Waals surface area contributed by atoms with Crippen LogP contribution in [0, 0.1) is 0 Å². The lowest BCUT2D eigenvalue weighted by Crippen LogP contribution is -2.31. The van der Waals surface area contributed by atoms with Crippen molar-refractivity contribution in [2.45, 2.75) is 12.8 Å². The number of nitrogens with zero attached hydrogens (tertiary/aromatic N) is 1. The third-order valence-electron chi connectivity index (χ3n) is 3.90. The van der Waals surface area contributed by atoms with E-state index in [1.54, 1.807) is 26.2 Å². The number of hydrogen-bond acceptors (Lipinski definition) is 4. The Kier molecular flexibility index (Phi) is 7.14. The summed E-state index contributed by atoms with van der Waals surface area (Å²) in [6, 6.07) is 15.3. The van der Waals surface area contributed by atoms with Crippen molar-refractivity contribution in [2.75, 3.05) is 34.4 Å². The number of rotatable bonds is 9. The number of hydrogen-bond donors (Lipinski definition) is 0. The van der Waals surface area contributed by atoms with E-state index in [-0.39, 0.29) is 5.91 Å². The number of carbonyl (C=O) groups excluding carboxylic acids is 1. The van der Waals surface area contributed by atoms with Gasteiger partial charge >= 0.3 is 0 Å². The first-order chi connectivity index (χ1) is 12.1. The van der Waals surface area contributed by atoms with Crippen LogP contribution >= 0.6 is 0 Å². The lowest BCUT2D eigenvalue weighted by atomic mass is 10.1. The molecule has 0 aliphatic carbocycles. The van der Waals surface area contributed by atoms with Crippen LogP contribution in [0.25, 0.3) is 0 Å². The van der Waals surface area contributed by atoms with Crippen LogP contribution in [0.2, 0.25) is 0 Å². The van der Waals surface area contributed by atoms with Crippen molar-refractivity contribution in [3.63, 3.8) is 0 Å². The summed E-state index contributed by atoms with van der Waals surface area (Å²) in [7, 11) is 5.03. The van der Waals surface area contributed by atoms with Crippen LogP contribution in [-0.4, -0.2) is 45.2 Å². The Morgan fingerprint density at radius 2 is 1.60 bits per heavy atom. The average molecular weight is 343 g/mol. The SMILES string of the molecule is COc1cc(CCC(=O)N(C)CCOc2ccccc2)cc(OC)c1. The number of benzene rings is 2. The van der Waals surface area contributed by atoms with Crippen LogP contribution in [0.1, 0.15) is 12.0 Å². The topological polar surface area (TPSA) is 48.0 Å². The minimum absolute atomic E-state index is 0.0819. The van der Waals surface area contributed by atoms with E-state index in [0.29, 0.717) is 26.0 Å². The van der Waals surface area contributed by atoms with E-state index >= 15 is 0 Å². The summed E-state index contributed by atoms with van der Waals surface area (Å²) in [5, 5.41) is 0. The molecule has 0 saturated heterocycles. The zero-order valence-corrected chi connectivity index (χ0v) is 15.0. The second-order valence-electron chi connectivity index (χ2n) is 5.70. The molecule has 0 heterocycles. The summed E-state index contributed by atoms with van der Waals surface area (Å²) in [4.78, 5) is 14.0. The molecular weight excluding hydrogens is 318 g/mol. The quantitative estimate of drug-likeness (QED) is 0.702. The summed E-state index contributed by atoms with van der Waals surface area (Å²) in [6.07, 6.45) is 1.06. The smallest absolute Gasteiger partial charge is 0.222 e. The number of methoxy groups -OCH3 is 2. The fourth-order valence-corrected chi connectivity index (χ4v) is 2.39. The van der Waals surface area contributed by atoms with Gasteiger partial charge in [0.15, 0.2) is 0 Å². The van der Waals surface area contributed by atoms with Crippen molar-refractivity contribution in [1.82, 2.24) is 4.90 Å². The van der Waals surface area contributed by atoms with Crippen molar-refractivity contribution in [3.8, 4) is 17.2 Å². The van der Waals surface area contributed by atoms with E-state index in [1.165, 1.54) is 0 Å². The molecule has 2 aromatic rings. The third kappa shape index (κ3) is 6.03. The minimum atomic E-state index is 0.0819. The molecule has 0 N–H and O–H groups in total. The molecule has 0 radical (unpaired) electrons. The van der Waals surface area contributed by atoms with Crippen molar-refractivity contribution in [3.05, 3.63) is 54.1 Å². The predicted molar refractivity (Wildman–Crippen MR) is 97.4 cm³/mol. The molecule has 1 amide bonds. The fraction of sp³-hybridized carbons (Fsp3) is 0.350. The van der Waals surface area contributed by atoms with Crippen molar-refractivity contribution >= 4 is 5.91 Å². The van der Waals surface area contributed by atoms with Crippen LogP contribution in [-0.2, 0) is 11.2 Å². The van der Waals surface area contributed by atoms with Gasteiger partial charge in [0.25, 0.3) is 0 Å². The molecule has 0 saturated carbocycles. The zero-order chi connectivity index (χ0) is 18.1. The molecule has 25 heavy (non-hydrogen) atoms. The number of para-hydroxylation sites is 1. The van der Waals surface area contributed by atoms with Crippen molar-refractivity contribution in [2.24, 2.45) is 0 Å². The molecule has 0 aromatic heterocycles. The van der Waals surface area contributed by atoms with E-state index in [4.69, 9.17) is 14.2 Å². The fourth-order valence-electron chi connectivity index (χ4n) is 2.39. The Bertz CT molecular complexity index is 650. The maximum Gasteiger partial charge on any atom is 0.222 e. The molecule has 2 rings (SSSR count).